The molecule has 0 unspecified atom stereocenters. The Morgan fingerprint density at radius 2 is 1.68 bits per heavy atom. The molecule has 5 rings (SSSR count). The molecule has 0 radical (unpaired) electrons. The van der Waals surface area contributed by atoms with Crippen LogP contribution in [0.4, 0.5) is 14.9 Å². The van der Waals surface area contributed by atoms with Crippen molar-refractivity contribution < 1.29 is 23.8 Å². The normalized spacial score (nSPS) is 14.5. The molecule has 0 fully saturated rings. The second-order valence-corrected chi connectivity index (χ2v) is 7.83. The Morgan fingerprint density at radius 3 is 2.32 bits per heavy atom. The number of aromatic carboxylic acids is 1. The summed E-state index contributed by atoms with van der Waals surface area (Å²) in [6.45, 7) is 0.473. The molecule has 2 aliphatic rings. The Kier molecular flexibility index (Phi) is 4.70. The monoisotopic (exact) mass is 417 g/mol. The fraction of sp³-hybridized carbons (Fsp3) is 0.200. The Bertz CT molecular complexity index is 1160. The van der Waals surface area contributed by atoms with E-state index in [0.29, 0.717) is 24.9 Å². The van der Waals surface area contributed by atoms with Crippen molar-refractivity contribution in [3.63, 3.8) is 0 Å². The second-order valence-electron chi connectivity index (χ2n) is 7.83. The third-order valence-electron chi connectivity index (χ3n) is 6.04. The third kappa shape index (κ3) is 3.24. The molecule has 0 atom stereocenters. The van der Waals surface area contributed by atoms with Gasteiger partial charge in [0, 0.05) is 12.5 Å². The molecule has 3 aromatic rings. The molecule has 3 aromatic carbocycles. The maximum atomic E-state index is 14.7. The summed E-state index contributed by atoms with van der Waals surface area (Å²) in [5, 5.41) is 9.18. The number of carbonyl (C=O) groups is 2. The standard InChI is InChI=1S/C25H20FNO4/c26-22-13-16(24(28)29)12-15-6-5-11-27(23(15)22)25(30)31-14-21-19-9-3-1-7-17(19)18-8-2-4-10-20(18)21/h1-4,7-10,12-13,21H,5-6,11,14H2,(H,28,29). The molecule has 0 saturated heterocycles. The molecule has 5 nitrogen and oxygen atoms in total. The number of rotatable bonds is 3. The van der Waals surface area contributed by atoms with Gasteiger partial charge in [0.1, 0.15) is 12.4 Å². The summed E-state index contributed by atoms with van der Waals surface area (Å²) < 4.78 is 20.4. The average Bonchev–Trinajstić information content (AvgIpc) is 3.10. The lowest BCUT2D eigenvalue weighted by molar-refractivity contribution is 0.0696. The van der Waals surface area contributed by atoms with Gasteiger partial charge in [-0.1, -0.05) is 48.5 Å². The fourth-order valence-corrected chi connectivity index (χ4v) is 4.67. The number of fused-ring (bicyclic) bond motifs is 4. The van der Waals surface area contributed by atoms with Crippen molar-refractivity contribution in [1.82, 2.24) is 0 Å². The summed E-state index contributed by atoms with van der Waals surface area (Å²) >= 11 is 0. The number of carbonyl (C=O) groups excluding carboxylic acids is 1. The smallest absolute Gasteiger partial charge is 0.414 e. The SMILES string of the molecule is O=C(O)c1cc(F)c2c(c1)CCCN2C(=O)OCC1c2ccccc2-c2ccccc21. The molecule has 1 N–H and O–H groups in total. The van der Waals surface area contributed by atoms with Gasteiger partial charge in [-0.15, -0.1) is 0 Å². The zero-order valence-corrected chi connectivity index (χ0v) is 16.7. The Balaban J connectivity index is 1.40. The van der Waals surface area contributed by atoms with Gasteiger partial charge < -0.3 is 9.84 Å². The maximum absolute atomic E-state index is 14.7. The minimum Gasteiger partial charge on any atom is -0.478 e. The number of anilines is 1. The van der Waals surface area contributed by atoms with E-state index in [9.17, 15) is 19.1 Å². The van der Waals surface area contributed by atoms with Crippen molar-refractivity contribution in [2.45, 2.75) is 18.8 Å². The van der Waals surface area contributed by atoms with Gasteiger partial charge >= 0.3 is 12.1 Å². The van der Waals surface area contributed by atoms with Gasteiger partial charge in [-0.25, -0.2) is 14.0 Å². The first-order valence-corrected chi connectivity index (χ1v) is 10.2. The van der Waals surface area contributed by atoms with Crippen LogP contribution in [-0.2, 0) is 11.2 Å². The average molecular weight is 417 g/mol. The molecule has 1 aliphatic carbocycles. The van der Waals surface area contributed by atoms with E-state index in [0.717, 1.165) is 28.3 Å². The highest BCUT2D eigenvalue weighted by atomic mass is 19.1. The van der Waals surface area contributed by atoms with Gasteiger partial charge in [-0.2, -0.15) is 0 Å². The molecular formula is C25H20FNO4. The molecule has 156 valence electrons. The van der Waals surface area contributed by atoms with Crippen LogP contribution < -0.4 is 4.90 Å². The van der Waals surface area contributed by atoms with Crippen molar-refractivity contribution in [1.29, 1.82) is 0 Å². The van der Waals surface area contributed by atoms with Gasteiger partial charge in [-0.05, 0) is 52.8 Å². The molecule has 0 bridgehead atoms. The van der Waals surface area contributed by atoms with E-state index in [1.165, 1.54) is 11.0 Å². The van der Waals surface area contributed by atoms with Crippen LogP contribution in [0.15, 0.2) is 60.7 Å². The van der Waals surface area contributed by atoms with Gasteiger partial charge in [-0.3, -0.25) is 4.90 Å². The van der Waals surface area contributed by atoms with E-state index in [1.54, 1.807) is 0 Å². The van der Waals surface area contributed by atoms with Crippen molar-refractivity contribution in [2.75, 3.05) is 18.1 Å². The van der Waals surface area contributed by atoms with Crippen molar-refractivity contribution >= 4 is 17.7 Å². The molecule has 1 amide bonds. The topological polar surface area (TPSA) is 66.8 Å². The highest BCUT2D eigenvalue weighted by Gasteiger charge is 2.32. The Labute approximate surface area is 178 Å². The summed E-state index contributed by atoms with van der Waals surface area (Å²) in [5.74, 6) is -2.00. The lowest BCUT2D eigenvalue weighted by atomic mass is 9.98. The van der Waals surface area contributed by atoms with E-state index in [-0.39, 0.29) is 23.8 Å². The molecule has 6 heteroatoms. The van der Waals surface area contributed by atoms with Crippen LogP contribution in [0.5, 0.6) is 0 Å². The van der Waals surface area contributed by atoms with Crippen LogP contribution >= 0.6 is 0 Å². The van der Waals surface area contributed by atoms with Gasteiger partial charge in [0.25, 0.3) is 0 Å². The predicted octanol–water partition coefficient (Wildman–Crippen LogP) is 5.23. The van der Waals surface area contributed by atoms with Crippen molar-refractivity contribution in [3.8, 4) is 11.1 Å². The summed E-state index contributed by atoms with van der Waals surface area (Å²) in [5.41, 5.74) is 4.99. The number of amides is 1. The predicted molar refractivity (Wildman–Crippen MR) is 114 cm³/mol. The quantitative estimate of drug-likeness (QED) is 0.634. The van der Waals surface area contributed by atoms with E-state index in [4.69, 9.17) is 4.74 Å². The summed E-state index contributed by atoms with van der Waals surface area (Å²) in [4.78, 5) is 25.5. The zero-order valence-electron chi connectivity index (χ0n) is 16.7. The zero-order chi connectivity index (χ0) is 21.5. The Hall–Kier alpha value is -3.67. The van der Waals surface area contributed by atoms with Crippen LogP contribution in [0.1, 0.15) is 39.4 Å². The van der Waals surface area contributed by atoms with Crippen LogP contribution in [0.3, 0.4) is 0 Å². The van der Waals surface area contributed by atoms with Gasteiger partial charge in [0.2, 0.25) is 0 Å². The van der Waals surface area contributed by atoms with E-state index >= 15 is 0 Å². The molecule has 0 saturated carbocycles. The summed E-state index contributed by atoms with van der Waals surface area (Å²) in [6, 6.07) is 18.5. The number of benzene rings is 3. The largest absolute Gasteiger partial charge is 0.478 e. The maximum Gasteiger partial charge on any atom is 0.414 e. The van der Waals surface area contributed by atoms with Crippen LogP contribution in [0, 0.1) is 5.82 Å². The number of halogens is 1. The summed E-state index contributed by atoms with van der Waals surface area (Å²) in [6.07, 6.45) is 0.505. The lowest BCUT2D eigenvalue weighted by Gasteiger charge is -2.29. The van der Waals surface area contributed by atoms with Crippen molar-refractivity contribution in [2.24, 2.45) is 0 Å². The number of hydrogen-bond donors (Lipinski definition) is 1. The van der Waals surface area contributed by atoms with Crippen LogP contribution in [0.2, 0.25) is 0 Å². The number of carboxylic acids is 1. The minimum atomic E-state index is -1.19. The number of ether oxygens (including phenoxy) is 1. The first kappa shape index (κ1) is 19.3. The second kappa shape index (κ2) is 7.54. The van der Waals surface area contributed by atoms with E-state index in [1.807, 2.05) is 36.4 Å². The number of nitrogens with zero attached hydrogens (tertiary/aromatic N) is 1. The van der Waals surface area contributed by atoms with E-state index in [2.05, 4.69) is 12.1 Å². The van der Waals surface area contributed by atoms with Gasteiger partial charge in [0.15, 0.2) is 0 Å². The molecule has 1 aliphatic heterocycles. The van der Waals surface area contributed by atoms with Gasteiger partial charge in [0.05, 0.1) is 11.3 Å². The molecule has 31 heavy (non-hydrogen) atoms. The first-order chi connectivity index (χ1) is 15.0. The van der Waals surface area contributed by atoms with Crippen LogP contribution in [-0.4, -0.2) is 30.3 Å². The minimum absolute atomic E-state index is 0.0835. The highest BCUT2D eigenvalue weighted by molar-refractivity contribution is 5.93. The lowest BCUT2D eigenvalue weighted by Crippen LogP contribution is -2.37. The van der Waals surface area contributed by atoms with E-state index < -0.39 is 17.9 Å². The molecule has 0 spiro atoms. The molecular weight excluding hydrogens is 397 g/mol. The number of hydrogen-bond acceptors (Lipinski definition) is 3. The molecule has 0 aromatic heterocycles. The fourth-order valence-electron chi connectivity index (χ4n) is 4.67. The first-order valence-electron chi connectivity index (χ1n) is 10.2. The van der Waals surface area contributed by atoms with Crippen molar-refractivity contribution in [3.05, 3.63) is 88.7 Å². The highest BCUT2D eigenvalue weighted by Crippen LogP contribution is 2.44. The Morgan fingerprint density at radius 1 is 1.03 bits per heavy atom. The number of carboxylic acid groups (broad SMARTS) is 1. The number of aryl methyl sites for hydroxylation is 1. The summed E-state index contributed by atoms with van der Waals surface area (Å²) in [7, 11) is 0. The third-order valence-corrected chi connectivity index (χ3v) is 6.04. The van der Waals surface area contributed by atoms with Crippen LogP contribution in [0.25, 0.3) is 11.1 Å². The molecule has 1 heterocycles.